The molecule has 0 heterocycles. The van der Waals surface area contributed by atoms with E-state index in [9.17, 15) is 0 Å². The first-order valence-electron chi connectivity index (χ1n) is 6.39. The fraction of sp³-hybridized carbons (Fsp3) is 0.125. The largest absolute Gasteiger partial charge is 0.358 e. The minimum atomic E-state index is 0.581. The van der Waals surface area contributed by atoms with E-state index in [1.165, 1.54) is 4.90 Å². The van der Waals surface area contributed by atoms with E-state index in [0.717, 1.165) is 11.3 Å². The highest BCUT2D eigenvalue weighted by Crippen LogP contribution is 2.18. The molecule has 5 heteroatoms. The van der Waals surface area contributed by atoms with E-state index in [-0.39, 0.29) is 0 Å². The molecule has 2 aromatic rings. The van der Waals surface area contributed by atoms with Crippen molar-refractivity contribution >= 4 is 34.8 Å². The molecule has 0 unspecified atom stereocenters. The Hall–Kier alpha value is -2.03. The first-order chi connectivity index (χ1) is 10.2. The quantitative estimate of drug-likeness (QED) is 0.665. The van der Waals surface area contributed by atoms with Crippen molar-refractivity contribution in [2.75, 3.05) is 11.6 Å². The van der Waals surface area contributed by atoms with E-state index < -0.39 is 0 Å². The van der Waals surface area contributed by atoms with Crippen LogP contribution in [0, 0.1) is 11.3 Å². The predicted molar refractivity (Wildman–Crippen MR) is 92.4 cm³/mol. The van der Waals surface area contributed by atoms with E-state index >= 15 is 0 Å². The molecule has 0 aliphatic carbocycles. The Bertz CT molecular complexity index is 660. The second-order valence-electron chi connectivity index (χ2n) is 4.35. The summed E-state index contributed by atoms with van der Waals surface area (Å²) >= 11 is 6.98. The smallest absolute Gasteiger partial charge is 0.171 e. The number of rotatable bonds is 4. The van der Waals surface area contributed by atoms with Gasteiger partial charge >= 0.3 is 0 Å². The molecule has 0 atom stereocenters. The highest BCUT2D eigenvalue weighted by atomic mass is 32.2. The molecule has 21 heavy (non-hydrogen) atoms. The van der Waals surface area contributed by atoms with Gasteiger partial charge in [-0.3, -0.25) is 0 Å². The molecule has 2 rings (SSSR count). The first kappa shape index (κ1) is 15.4. The summed E-state index contributed by atoms with van der Waals surface area (Å²) in [6.45, 7) is 0.625. The summed E-state index contributed by atoms with van der Waals surface area (Å²) in [5, 5.41) is 15.7. The average molecular weight is 313 g/mol. The Morgan fingerprint density at radius 3 is 2.67 bits per heavy atom. The third-order valence-corrected chi connectivity index (χ3v) is 3.84. The maximum absolute atomic E-state index is 8.76. The molecule has 0 aliphatic heterocycles. The highest BCUT2D eigenvalue weighted by Gasteiger charge is 2.00. The summed E-state index contributed by atoms with van der Waals surface area (Å²) in [7, 11) is 0. The Morgan fingerprint density at radius 2 is 2.00 bits per heavy atom. The summed E-state index contributed by atoms with van der Waals surface area (Å²) in [6.07, 6.45) is 2.04. The van der Waals surface area contributed by atoms with Gasteiger partial charge in [-0.15, -0.1) is 11.8 Å². The fourth-order valence-electron chi connectivity index (χ4n) is 1.76. The third-order valence-electron chi connectivity index (χ3n) is 2.86. The Labute approximate surface area is 134 Å². The summed E-state index contributed by atoms with van der Waals surface area (Å²) < 4.78 is 0. The van der Waals surface area contributed by atoms with Crippen LogP contribution in [0.4, 0.5) is 5.69 Å². The normalized spacial score (nSPS) is 9.71. The number of thiocarbonyl (C=S) groups is 1. The Balaban J connectivity index is 1.88. The van der Waals surface area contributed by atoms with Crippen molar-refractivity contribution in [1.82, 2.24) is 5.32 Å². The summed E-state index contributed by atoms with van der Waals surface area (Å²) in [4.78, 5) is 1.19. The molecule has 0 fully saturated rings. The Morgan fingerprint density at radius 1 is 1.24 bits per heavy atom. The lowest BCUT2D eigenvalue weighted by Gasteiger charge is -2.11. The van der Waals surface area contributed by atoms with Crippen LogP contribution in [0.1, 0.15) is 11.1 Å². The van der Waals surface area contributed by atoms with E-state index in [1.54, 1.807) is 23.9 Å². The van der Waals surface area contributed by atoms with Crippen LogP contribution in [0.5, 0.6) is 0 Å². The summed E-state index contributed by atoms with van der Waals surface area (Å²) in [5.41, 5.74) is 2.71. The zero-order valence-corrected chi connectivity index (χ0v) is 13.2. The second kappa shape index (κ2) is 7.67. The van der Waals surface area contributed by atoms with Crippen LogP contribution in [-0.4, -0.2) is 11.4 Å². The van der Waals surface area contributed by atoms with Crippen LogP contribution in [0.15, 0.2) is 53.4 Å². The van der Waals surface area contributed by atoms with Crippen LogP contribution in [0.3, 0.4) is 0 Å². The molecular weight excluding hydrogens is 298 g/mol. The molecule has 0 aromatic heterocycles. The molecule has 3 nitrogen and oxygen atoms in total. The first-order valence-corrected chi connectivity index (χ1v) is 8.02. The van der Waals surface area contributed by atoms with Crippen molar-refractivity contribution in [2.24, 2.45) is 0 Å². The van der Waals surface area contributed by atoms with Gasteiger partial charge in [0.15, 0.2) is 5.11 Å². The number of anilines is 1. The Kier molecular flexibility index (Phi) is 5.61. The lowest BCUT2D eigenvalue weighted by molar-refractivity contribution is 0.925. The third kappa shape index (κ3) is 4.78. The van der Waals surface area contributed by atoms with Gasteiger partial charge in [0.1, 0.15) is 0 Å². The van der Waals surface area contributed by atoms with Crippen molar-refractivity contribution in [3.63, 3.8) is 0 Å². The van der Waals surface area contributed by atoms with Crippen LogP contribution in [-0.2, 0) is 6.54 Å². The molecule has 0 spiro atoms. The van der Waals surface area contributed by atoms with Gasteiger partial charge in [-0.05, 0) is 54.4 Å². The van der Waals surface area contributed by atoms with Gasteiger partial charge in [-0.2, -0.15) is 5.26 Å². The predicted octanol–water partition coefficient (Wildman–Crippen LogP) is 3.77. The van der Waals surface area contributed by atoms with Crippen molar-refractivity contribution in [1.29, 1.82) is 5.26 Å². The molecule has 0 bridgehead atoms. The maximum Gasteiger partial charge on any atom is 0.171 e. The molecule has 0 radical (unpaired) electrons. The molecule has 106 valence electrons. The molecule has 0 saturated carbocycles. The molecule has 0 amide bonds. The van der Waals surface area contributed by atoms with Gasteiger partial charge in [0.25, 0.3) is 0 Å². The van der Waals surface area contributed by atoms with Crippen LogP contribution in [0.25, 0.3) is 0 Å². The zero-order chi connectivity index (χ0) is 15.1. The number of nitriles is 1. The zero-order valence-electron chi connectivity index (χ0n) is 11.6. The number of benzene rings is 2. The number of nitrogens with one attached hydrogen (secondary N) is 2. The van der Waals surface area contributed by atoms with Gasteiger partial charge < -0.3 is 10.6 Å². The van der Waals surface area contributed by atoms with E-state index in [1.807, 2.05) is 30.5 Å². The molecule has 2 N–H and O–H groups in total. The summed E-state index contributed by atoms with van der Waals surface area (Å²) in [6, 6.07) is 17.6. The topological polar surface area (TPSA) is 47.8 Å². The standard InChI is InChI=1S/C16H15N3S2/c1-21-15-4-2-3-14(9-15)19-16(20)18-11-13-7-5-12(10-17)6-8-13/h2-9H,11H2,1H3,(H2,18,19,20). The molecule has 2 aromatic carbocycles. The van der Waals surface area contributed by atoms with Gasteiger partial charge in [0.2, 0.25) is 0 Å². The maximum atomic E-state index is 8.76. The number of hydrogen-bond acceptors (Lipinski definition) is 3. The average Bonchev–Trinajstić information content (AvgIpc) is 2.53. The highest BCUT2D eigenvalue weighted by molar-refractivity contribution is 7.98. The van der Waals surface area contributed by atoms with Crippen molar-refractivity contribution < 1.29 is 0 Å². The van der Waals surface area contributed by atoms with E-state index in [4.69, 9.17) is 17.5 Å². The van der Waals surface area contributed by atoms with Crippen molar-refractivity contribution in [2.45, 2.75) is 11.4 Å². The lowest BCUT2D eigenvalue weighted by Crippen LogP contribution is -2.27. The van der Waals surface area contributed by atoms with E-state index in [0.29, 0.717) is 17.2 Å². The van der Waals surface area contributed by atoms with Gasteiger partial charge in [0.05, 0.1) is 11.6 Å². The fourth-order valence-corrected chi connectivity index (χ4v) is 2.41. The lowest BCUT2D eigenvalue weighted by atomic mass is 10.1. The molecular formula is C16H15N3S2. The van der Waals surface area contributed by atoms with Crippen LogP contribution < -0.4 is 10.6 Å². The molecule has 0 saturated heterocycles. The van der Waals surface area contributed by atoms with Gasteiger partial charge in [-0.1, -0.05) is 18.2 Å². The second-order valence-corrected chi connectivity index (χ2v) is 5.64. The molecule has 0 aliphatic rings. The van der Waals surface area contributed by atoms with E-state index in [2.05, 4.69) is 28.8 Å². The number of hydrogen-bond donors (Lipinski definition) is 2. The monoisotopic (exact) mass is 313 g/mol. The number of nitrogens with zero attached hydrogens (tertiary/aromatic N) is 1. The van der Waals surface area contributed by atoms with Gasteiger partial charge in [0, 0.05) is 17.1 Å². The van der Waals surface area contributed by atoms with Gasteiger partial charge in [-0.25, -0.2) is 0 Å². The SMILES string of the molecule is CSc1cccc(NC(=S)NCc2ccc(C#N)cc2)c1. The summed E-state index contributed by atoms with van der Waals surface area (Å²) in [5.74, 6) is 0. The van der Waals surface area contributed by atoms with Crippen LogP contribution >= 0.6 is 24.0 Å². The minimum absolute atomic E-state index is 0.581. The minimum Gasteiger partial charge on any atom is -0.358 e. The number of thioether (sulfide) groups is 1. The van der Waals surface area contributed by atoms with Crippen molar-refractivity contribution in [3.05, 3.63) is 59.7 Å². The van der Waals surface area contributed by atoms with Crippen molar-refractivity contribution in [3.8, 4) is 6.07 Å². The van der Waals surface area contributed by atoms with Crippen LogP contribution in [0.2, 0.25) is 0 Å².